The van der Waals surface area contributed by atoms with Gasteiger partial charge < -0.3 is 36.3 Å². The Kier molecular flexibility index (Phi) is 34.4. The number of fused-ring (bicyclic) bond motifs is 1. The summed E-state index contributed by atoms with van der Waals surface area (Å²) >= 11 is 0. The van der Waals surface area contributed by atoms with E-state index in [1.807, 2.05) is 38.1 Å². The number of nitrogens with one attached hydrogen (secondary N) is 5. The molecule has 0 aliphatic heterocycles. The number of hydrogen-bond acceptors (Lipinski definition) is 8. The fraction of sp³-hybridized carbons (Fsp3) is 0.774. The van der Waals surface area contributed by atoms with Gasteiger partial charge in [-0.05, 0) is 31.2 Å². The van der Waals surface area contributed by atoms with Crippen LogP contribution in [0.5, 0.6) is 0 Å². The molecule has 0 radical (unpaired) electrons. The van der Waals surface area contributed by atoms with Crippen LogP contribution in [-0.4, -0.2) is 83.1 Å². The van der Waals surface area contributed by atoms with Gasteiger partial charge in [-0.15, -0.1) is 0 Å². The number of aromatic amines is 1. The summed E-state index contributed by atoms with van der Waals surface area (Å²) in [6.45, 7) is 7.18. The maximum atomic E-state index is 13.3. The molecular weight excluding hydrogens is 882 g/mol. The number of H-pyrrole nitrogens is 1. The molecule has 2 aromatic rings. The Morgan fingerprint density at radius 1 is 0.647 bits per heavy atom. The van der Waals surface area contributed by atoms with Crippen LogP contribution in [0.3, 0.4) is 0 Å². The molecule has 15 heteroatoms. The van der Waals surface area contributed by atoms with Gasteiger partial charge in [0.25, 0.3) is 5.91 Å². The third kappa shape index (κ3) is 28.4. The van der Waals surface area contributed by atoms with Crippen LogP contribution >= 0.6 is 7.82 Å². The summed E-state index contributed by atoms with van der Waals surface area (Å²) < 4.78 is 23.3. The highest BCUT2D eigenvalue weighted by Gasteiger charge is 2.30. The number of amides is 4. The second kappa shape index (κ2) is 38.5. The van der Waals surface area contributed by atoms with Crippen molar-refractivity contribution in [2.45, 2.75) is 232 Å². The van der Waals surface area contributed by atoms with Gasteiger partial charge in [-0.25, -0.2) is 4.57 Å². The molecule has 14 nitrogen and oxygen atoms in total. The van der Waals surface area contributed by atoms with Crippen molar-refractivity contribution in [3.05, 3.63) is 36.0 Å². The van der Waals surface area contributed by atoms with E-state index in [2.05, 4.69) is 40.1 Å². The van der Waals surface area contributed by atoms with E-state index < -0.39 is 56.9 Å². The van der Waals surface area contributed by atoms with Gasteiger partial charge in [-0.3, -0.25) is 28.2 Å². The number of hydrogen-bond donors (Lipinski definition) is 7. The summed E-state index contributed by atoms with van der Waals surface area (Å²) in [5.41, 5.74) is 1.21. The number of benzene rings is 1. The van der Waals surface area contributed by atoms with E-state index >= 15 is 0 Å². The lowest BCUT2D eigenvalue weighted by molar-refractivity contribution is -0.130. The zero-order valence-corrected chi connectivity index (χ0v) is 43.6. The van der Waals surface area contributed by atoms with Crippen molar-refractivity contribution >= 4 is 42.4 Å². The topological polar surface area (TPSA) is 208 Å². The lowest BCUT2D eigenvalue weighted by Crippen LogP contribution is -2.50. The molecule has 390 valence electrons. The number of aromatic nitrogens is 1. The molecule has 0 fully saturated rings. The van der Waals surface area contributed by atoms with Crippen LogP contribution in [0.2, 0.25) is 0 Å². The van der Waals surface area contributed by atoms with Crippen molar-refractivity contribution in [3.63, 3.8) is 0 Å². The summed E-state index contributed by atoms with van der Waals surface area (Å²) in [7, 11) is -4.74. The number of carbonyl (C=O) groups excluding carboxylic acids is 4. The highest BCUT2D eigenvalue weighted by Crippen LogP contribution is 2.43. The number of unbranched alkanes of at least 4 members (excludes halogenated alkanes) is 23. The van der Waals surface area contributed by atoms with E-state index in [9.17, 15) is 33.7 Å². The van der Waals surface area contributed by atoms with Gasteiger partial charge >= 0.3 is 7.82 Å². The monoisotopic (exact) mass is 976 g/mol. The van der Waals surface area contributed by atoms with Crippen LogP contribution in [0, 0.1) is 5.92 Å². The molecule has 0 spiro atoms. The van der Waals surface area contributed by atoms with Gasteiger partial charge in [0.1, 0.15) is 12.1 Å². The van der Waals surface area contributed by atoms with Gasteiger partial charge in [-0.2, -0.15) is 0 Å². The van der Waals surface area contributed by atoms with Crippen molar-refractivity contribution in [3.8, 4) is 0 Å². The Morgan fingerprint density at radius 3 is 1.72 bits per heavy atom. The van der Waals surface area contributed by atoms with E-state index in [4.69, 9.17) is 9.05 Å². The maximum Gasteiger partial charge on any atom is 0.472 e. The molecule has 2 unspecified atom stereocenters. The fourth-order valence-electron chi connectivity index (χ4n) is 8.43. The molecule has 1 aromatic heterocycles. The molecule has 0 saturated carbocycles. The lowest BCUT2D eigenvalue weighted by Gasteiger charge is -2.24. The molecule has 0 aliphatic carbocycles. The van der Waals surface area contributed by atoms with E-state index in [1.165, 1.54) is 116 Å². The molecule has 0 saturated heterocycles. The average molecular weight is 976 g/mol. The largest absolute Gasteiger partial charge is 0.472 e. The predicted octanol–water partition coefficient (Wildman–Crippen LogP) is 11.5. The van der Waals surface area contributed by atoms with Crippen molar-refractivity contribution in [1.82, 2.24) is 26.3 Å². The van der Waals surface area contributed by atoms with E-state index in [1.54, 1.807) is 6.20 Å². The van der Waals surface area contributed by atoms with Gasteiger partial charge in [-0.1, -0.05) is 206 Å². The second-order valence-corrected chi connectivity index (χ2v) is 20.5. The Labute approximate surface area is 410 Å². The second-order valence-electron chi connectivity index (χ2n) is 19.0. The Hall–Kier alpha value is -3.29. The smallest absolute Gasteiger partial charge is 0.393 e. The molecule has 1 aromatic carbocycles. The Bertz CT molecular complexity index is 1690. The number of phosphoric acid groups is 1. The number of phosphoric ester groups is 1. The van der Waals surface area contributed by atoms with Crippen molar-refractivity contribution in [2.24, 2.45) is 5.92 Å². The number of aliphatic hydroxyl groups excluding tert-OH is 1. The average Bonchev–Trinajstić information content (AvgIpc) is 3.77. The summed E-state index contributed by atoms with van der Waals surface area (Å²) in [5.74, 6) is -2.07. The first kappa shape index (κ1) is 60.8. The molecule has 0 aliphatic rings. The van der Waals surface area contributed by atoms with Gasteiger partial charge in [0.2, 0.25) is 17.7 Å². The van der Waals surface area contributed by atoms with Gasteiger partial charge in [0, 0.05) is 36.6 Å². The maximum absolute atomic E-state index is 13.3. The van der Waals surface area contributed by atoms with Gasteiger partial charge in [0.05, 0.1) is 24.9 Å². The lowest BCUT2D eigenvalue weighted by atomic mass is 9.98. The molecule has 1 heterocycles. The van der Waals surface area contributed by atoms with Crippen LogP contribution in [0.25, 0.3) is 10.9 Å². The molecular formula is C53H94N5O9P. The minimum Gasteiger partial charge on any atom is -0.393 e. The standard InChI is InChI=1S/C53H94N5O9P/c1-5-8-10-12-14-16-17-18-19-20-21-22-23-24-26-28-30-36-49(60)57-48(52(62)54-38-37-44(59)33-29-27-25-15-13-11-9-6-2)42-67-68(64,65)66-40-39-55-53(63)50(43(4)7-3)58-51(61)46-41-56-47-35-32-31-34-45(46)47/h31-32,34-35,41,43-44,48,50,56,59H,5-30,33,36-40,42H2,1-4H3,(H,54,62)(H,55,63)(H,57,60)(H,58,61)(H,64,65)/t43-,44?,48-,50-/m0/s1. The number of para-hydroxylation sites is 1. The van der Waals surface area contributed by atoms with E-state index in [-0.39, 0.29) is 31.3 Å². The first-order valence-corrected chi connectivity index (χ1v) is 28.4. The fourth-order valence-corrected chi connectivity index (χ4v) is 9.17. The van der Waals surface area contributed by atoms with Crippen LogP contribution in [-0.2, 0) is 28.0 Å². The third-order valence-corrected chi connectivity index (χ3v) is 14.0. The van der Waals surface area contributed by atoms with Crippen molar-refractivity contribution < 1.29 is 42.8 Å². The molecule has 7 N–H and O–H groups in total. The molecule has 2 rings (SSSR count). The first-order chi connectivity index (χ1) is 32.9. The normalized spacial score (nSPS) is 14.2. The van der Waals surface area contributed by atoms with E-state index in [0.29, 0.717) is 31.2 Å². The van der Waals surface area contributed by atoms with Gasteiger partial charge in [0.15, 0.2) is 0 Å². The highest BCUT2D eigenvalue weighted by molar-refractivity contribution is 7.47. The van der Waals surface area contributed by atoms with Crippen LogP contribution in [0.4, 0.5) is 0 Å². The minimum absolute atomic E-state index is 0.162. The zero-order valence-electron chi connectivity index (χ0n) is 42.7. The zero-order chi connectivity index (χ0) is 49.7. The van der Waals surface area contributed by atoms with Crippen molar-refractivity contribution in [1.29, 1.82) is 0 Å². The number of carbonyl (C=O) groups is 4. The minimum atomic E-state index is -4.74. The summed E-state index contributed by atoms with van der Waals surface area (Å²) in [5, 5.41) is 22.2. The summed E-state index contributed by atoms with van der Waals surface area (Å²) in [4.78, 5) is 66.5. The summed E-state index contributed by atoms with van der Waals surface area (Å²) in [6.07, 6.45) is 33.0. The highest BCUT2D eigenvalue weighted by atomic mass is 31.2. The van der Waals surface area contributed by atoms with Crippen molar-refractivity contribution in [2.75, 3.05) is 26.3 Å². The predicted molar refractivity (Wildman–Crippen MR) is 275 cm³/mol. The van der Waals surface area contributed by atoms with Crippen LogP contribution in [0.15, 0.2) is 30.5 Å². The molecule has 5 atom stereocenters. The van der Waals surface area contributed by atoms with E-state index in [0.717, 1.165) is 49.4 Å². The Morgan fingerprint density at radius 2 is 1.16 bits per heavy atom. The molecule has 0 bridgehead atoms. The summed E-state index contributed by atoms with van der Waals surface area (Å²) in [6, 6.07) is 5.21. The quantitative estimate of drug-likeness (QED) is 0.0249. The molecule has 68 heavy (non-hydrogen) atoms. The number of aliphatic hydroxyl groups is 1. The first-order valence-electron chi connectivity index (χ1n) is 26.9. The SMILES string of the molecule is CCCCCCCCCCCCCCCCCCCC(=O)N[C@@H](COP(=O)(O)OCCNC(=O)[C@@H](NC(=O)c1c[nH]c2ccccc12)[C@@H](C)CC)C(=O)NCCC(O)CCCCCCCCCC. The number of rotatable bonds is 44. The Balaban J connectivity index is 1.80. The van der Waals surface area contributed by atoms with Crippen LogP contribution < -0.4 is 21.3 Å². The third-order valence-electron chi connectivity index (χ3n) is 13.0. The van der Waals surface area contributed by atoms with Crippen LogP contribution in [0.1, 0.15) is 224 Å². The molecule has 4 amide bonds.